The molecule has 1 aromatic carbocycles. The Balaban J connectivity index is 1.82. The summed E-state index contributed by atoms with van der Waals surface area (Å²) in [5, 5.41) is 2.43. The van der Waals surface area contributed by atoms with Crippen molar-refractivity contribution in [3.05, 3.63) is 23.8 Å². The summed E-state index contributed by atoms with van der Waals surface area (Å²) < 4.78 is 27.9. The van der Waals surface area contributed by atoms with Crippen LogP contribution in [-0.2, 0) is 25.1 Å². The zero-order valence-electron chi connectivity index (χ0n) is 13.9. The van der Waals surface area contributed by atoms with Gasteiger partial charge in [0.1, 0.15) is 5.75 Å². The predicted octanol–water partition coefficient (Wildman–Crippen LogP) is 0.706. The van der Waals surface area contributed by atoms with Gasteiger partial charge in [-0.3, -0.25) is 4.90 Å². The second kappa shape index (κ2) is 4.92. The van der Waals surface area contributed by atoms with Gasteiger partial charge in [-0.05, 0) is 37.7 Å². The molecule has 0 aliphatic carbocycles. The standard InChI is InChI=1S/C15H19N3O5S/c1-14-10-7-9(21-13(19)16-2)5-6-11(10)18(4)12(14)17(3)8-15(14)22-24(20)23-15/h5-7,12H,8H2,1-4H3,(H,16,19). The first kappa shape index (κ1) is 15.8. The highest BCUT2D eigenvalue weighted by Gasteiger charge is 2.73. The number of nitrogens with one attached hydrogen (secondary N) is 1. The predicted molar refractivity (Wildman–Crippen MR) is 86.7 cm³/mol. The van der Waals surface area contributed by atoms with Gasteiger partial charge in [-0.2, -0.15) is 4.21 Å². The Hall–Kier alpha value is -1.68. The first-order valence-electron chi connectivity index (χ1n) is 7.60. The van der Waals surface area contributed by atoms with Crippen LogP contribution in [0.15, 0.2) is 18.2 Å². The fraction of sp³-hybridized carbons (Fsp3) is 0.533. The molecule has 2 atom stereocenters. The van der Waals surface area contributed by atoms with Gasteiger partial charge in [-0.25, -0.2) is 13.2 Å². The van der Waals surface area contributed by atoms with E-state index in [2.05, 4.69) is 15.1 Å². The summed E-state index contributed by atoms with van der Waals surface area (Å²) in [6, 6.07) is 5.49. The van der Waals surface area contributed by atoms with Gasteiger partial charge >= 0.3 is 17.5 Å². The highest BCUT2D eigenvalue weighted by atomic mass is 32.2. The van der Waals surface area contributed by atoms with Crippen molar-refractivity contribution < 1.29 is 22.1 Å². The molecule has 2 saturated heterocycles. The summed E-state index contributed by atoms with van der Waals surface area (Å²) in [4.78, 5) is 15.8. The molecule has 3 aliphatic rings. The third-order valence-corrected chi connectivity index (χ3v) is 6.09. The molecule has 1 aromatic rings. The van der Waals surface area contributed by atoms with Crippen molar-refractivity contribution in [3.8, 4) is 5.75 Å². The van der Waals surface area contributed by atoms with Gasteiger partial charge in [0.2, 0.25) is 5.79 Å². The first-order chi connectivity index (χ1) is 11.3. The van der Waals surface area contributed by atoms with Crippen LogP contribution in [0.1, 0.15) is 12.5 Å². The van der Waals surface area contributed by atoms with Gasteiger partial charge in [0.25, 0.3) is 0 Å². The number of anilines is 1. The Kier molecular flexibility index (Phi) is 3.24. The number of hydrogen-bond acceptors (Lipinski definition) is 7. The van der Waals surface area contributed by atoms with Crippen LogP contribution < -0.4 is 15.0 Å². The van der Waals surface area contributed by atoms with Crippen molar-refractivity contribution in [2.45, 2.75) is 24.3 Å². The highest BCUT2D eigenvalue weighted by Crippen LogP contribution is 2.60. The van der Waals surface area contributed by atoms with Crippen LogP contribution in [0.2, 0.25) is 0 Å². The lowest BCUT2D eigenvalue weighted by Gasteiger charge is -2.45. The second-order valence-electron chi connectivity index (χ2n) is 6.54. The molecule has 3 aliphatic heterocycles. The Morgan fingerprint density at radius 2 is 2.12 bits per heavy atom. The lowest BCUT2D eigenvalue weighted by molar-refractivity contribution is -0.198. The molecule has 9 heteroatoms. The summed E-state index contributed by atoms with van der Waals surface area (Å²) in [6.45, 7) is 2.54. The maximum absolute atomic E-state index is 11.5. The number of hydrogen-bond donors (Lipinski definition) is 1. The average Bonchev–Trinajstić information content (AvgIpc) is 2.88. The Bertz CT molecular complexity index is 749. The van der Waals surface area contributed by atoms with Gasteiger partial charge in [-0.15, -0.1) is 0 Å². The van der Waals surface area contributed by atoms with Crippen molar-refractivity contribution in [3.63, 3.8) is 0 Å². The molecule has 1 N–H and O–H groups in total. The van der Waals surface area contributed by atoms with Crippen molar-refractivity contribution in [1.82, 2.24) is 10.2 Å². The lowest BCUT2D eigenvalue weighted by Crippen LogP contribution is -2.61. The number of fused-ring (bicyclic) bond motifs is 4. The van der Waals surface area contributed by atoms with Crippen molar-refractivity contribution in [2.24, 2.45) is 0 Å². The third-order valence-electron chi connectivity index (χ3n) is 5.28. The SMILES string of the molecule is CNC(=O)Oc1ccc2c(c1)C1(C)C(N(C)CC13OS(=O)O3)N2C. The zero-order valence-corrected chi connectivity index (χ0v) is 14.7. The molecule has 2 unspecified atom stereocenters. The molecular weight excluding hydrogens is 334 g/mol. The minimum atomic E-state index is -1.72. The van der Waals surface area contributed by atoms with E-state index in [0.717, 1.165) is 11.3 Å². The van der Waals surface area contributed by atoms with Gasteiger partial charge in [0, 0.05) is 19.8 Å². The number of likely N-dealkylation sites (N-methyl/N-ethyl adjacent to an activating group) is 2. The fourth-order valence-electron chi connectivity index (χ4n) is 4.29. The molecule has 2 fully saturated rings. The summed E-state index contributed by atoms with van der Waals surface area (Å²) in [6.07, 6.45) is -0.543. The molecule has 8 nitrogen and oxygen atoms in total. The van der Waals surface area contributed by atoms with Gasteiger partial charge in [0.05, 0.1) is 18.1 Å². The molecule has 130 valence electrons. The topological polar surface area (TPSA) is 80.3 Å². The minimum Gasteiger partial charge on any atom is -0.410 e. The maximum Gasteiger partial charge on any atom is 0.412 e. The lowest BCUT2D eigenvalue weighted by atomic mass is 9.77. The van der Waals surface area contributed by atoms with Crippen LogP contribution in [0.5, 0.6) is 5.75 Å². The number of amides is 1. The van der Waals surface area contributed by atoms with E-state index in [-0.39, 0.29) is 6.17 Å². The average molecular weight is 353 g/mol. The van der Waals surface area contributed by atoms with Gasteiger partial charge in [0.15, 0.2) is 0 Å². The normalized spacial score (nSPS) is 37.1. The molecule has 1 amide bonds. The van der Waals surface area contributed by atoms with Crippen molar-refractivity contribution >= 4 is 23.1 Å². The first-order valence-corrected chi connectivity index (χ1v) is 8.60. The van der Waals surface area contributed by atoms with E-state index in [9.17, 15) is 9.00 Å². The molecule has 0 radical (unpaired) electrons. The fourth-order valence-corrected chi connectivity index (χ4v) is 5.19. The van der Waals surface area contributed by atoms with E-state index in [4.69, 9.17) is 13.1 Å². The van der Waals surface area contributed by atoms with E-state index in [1.807, 2.05) is 33.2 Å². The van der Waals surface area contributed by atoms with Gasteiger partial charge < -0.3 is 15.0 Å². The number of ether oxygens (including phenoxy) is 1. The number of nitrogens with zero attached hydrogens (tertiary/aromatic N) is 2. The maximum atomic E-state index is 11.5. The number of rotatable bonds is 1. The summed E-state index contributed by atoms with van der Waals surface area (Å²) in [5.41, 5.74) is 1.38. The zero-order chi connectivity index (χ0) is 17.3. The Labute approximate surface area is 142 Å². The van der Waals surface area contributed by atoms with Crippen LogP contribution in [-0.4, -0.2) is 54.8 Å². The summed E-state index contributed by atoms with van der Waals surface area (Å²) in [5.74, 6) is -0.531. The molecule has 1 spiro atoms. The third kappa shape index (κ3) is 1.78. The smallest absolute Gasteiger partial charge is 0.410 e. The minimum absolute atomic E-state index is 0.0138. The van der Waals surface area contributed by atoms with Crippen LogP contribution in [0.4, 0.5) is 10.5 Å². The Morgan fingerprint density at radius 3 is 2.75 bits per heavy atom. The summed E-state index contributed by atoms with van der Waals surface area (Å²) in [7, 11) is 5.49. The van der Waals surface area contributed by atoms with E-state index in [1.54, 1.807) is 6.07 Å². The molecule has 3 heterocycles. The van der Waals surface area contributed by atoms with Crippen molar-refractivity contribution in [2.75, 3.05) is 32.6 Å². The monoisotopic (exact) mass is 353 g/mol. The second-order valence-corrected chi connectivity index (χ2v) is 7.29. The number of benzene rings is 1. The van der Waals surface area contributed by atoms with Gasteiger partial charge in [-0.1, -0.05) is 0 Å². The Morgan fingerprint density at radius 1 is 1.42 bits per heavy atom. The largest absolute Gasteiger partial charge is 0.412 e. The van der Waals surface area contributed by atoms with E-state index in [0.29, 0.717) is 12.3 Å². The molecule has 0 saturated carbocycles. The highest BCUT2D eigenvalue weighted by molar-refractivity contribution is 7.76. The quantitative estimate of drug-likeness (QED) is 0.796. The number of carbonyl (C=O) groups is 1. The van der Waals surface area contributed by atoms with Crippen LogP contribution in [0.25, 0.3) is 0 Å². The van der Waals surface area contributed by atoms with E-state index < -0.39 is 28.7 Å². The number of likely N-dealkylation sites (tertiary alicyclic amines) is 1. The molecule has 24 heavy (non-hydrogen) atoms. The van der Waals surface area contributed by atoms with E-state index >= 15 is 0 Å². The molecular formula is C15H19N3O5S. The molecule has 0 aromatic heterocycles. The molecule has 0 bridgehead atoms. The van der Waals surface area contributed by atoms with E-state index in [1.165, 1.54) is 7.05 Å². The van der Waals surface area contributed by atoms with Crippen LogP contribution >= 0.6 is 0 Å². The van der Waals surface area contributed by atoms with Crippen molar-refractivity contribution in [1.29, 1.82) is 0 Å². The number of carbonyl (C=O) groups excluding carboxylic acids is 1. The summed E-state index contributed by atoms with van der Waals surface area (Å²) >= 11 is -1.72. The van der Waals surface area contributed by atoms with Crippen LogP contribution in [0.3, 0.4) is 0 Å². The molecule has 4 rings (SSSR count). The van der Waals surface area contributed by atoms with Crippen LogP contribution in [0, 0.1) is 0 Å².